The average molecular weight is 386 g/mol. The number of nitrogens with zero attached hydrogens (tertiary/aromatic N) is 3. The molecule has 0 saturated carbocycles. The van der Waals surface area contributed by atoms with Crippen LogP contribution in [0.25, 0.3) is 11.5 Å². The first-order valence-electron chi connectivity index (χ1n) is 8.53. The van der Waals surface area contributed by atoms with E-state index < -0.39 is 9.84 Å². The first kappa shape index (κ1) is 17.5. The minimum atomic E-state index is -3.08. The number of hydrogen-bond acceptors (Lipinski definition) is 6. The number of carbonyl (C=O) groups excluding carboxylic acids is 1. The minimum Gasteiger partial charge on any atom is -0.463 e. The highest BCUT2D eigenvalue weighted by atomic mass is 32.2. The van der Waals surface area contributed by atoms with Crippen LogP contribution in [0, 0.1) is 0 Å². The van der Waals surface area contributed by atoms with Gasteiger partial charge in [0.05, 0.1) is 23.8 Å². The van der Waals surface area contributed by atoms with Crippen LogP contribution in [0.3, 0.4) is 0 Å². The summed E-state index contributed by atoms with van der Waals surface area (Å²) in [5.41, 5.74) is 1.74. The number of nitrogens with one attached hydrogen (secondary N) is 1. The fourth-order valence-corrected chi connectivity index (χ4v) is 4.83. The van der Waals surface area contributed by atoms with E-state index in [1.54, 1.807) is 35.3 Å². The second kappa shape index (κ2) is 6.99. The molecule has 3 aromatic rings. The molecule has 9 heteroatoms. The highest BCUT2D eigenvalue weighted by Gasteiger charge is 2.32. The van der Waals surface area contributed by atoms with Crippen molar-refractivity contribution in [3.8, 4) is 11.5 Å². The molecule has 27 heavy (non-hydrogen) atoms. The van der Waals surface area contributed by atoms with Crippen LogP contribution in [0.5, 0.6) is 0 Å². The van der Waals surface area contributed by atoms with Crippen LogP contribution in [0.1, 0.15) is 28.5 Å². The SMILES string of the molecule is O=C(NCc1ccncc1)c1cc(-c2ccco2)n(C2CCS(=O)(=O)C2)n1. The maximum absolute atomic E-state index is 12.5. The van der Waals surface area contributed by atoms with Gasteiger partial charge in [0.2, 0.25) is 0 Å². The van der Waals surface area contributed by atoms with Gasteiger partial charge in [-0.1, -0.05) is 0 Å². The first-order valence-corrected chi connectivity index (χ1v) is 10.3. The predicted octanol–water partition coefficient (Wildman–Crippen LogP) is 1.83. The van der Waals surface area contributed by atoms with Gasteiger partial charge in [-0.2, -0.15) is 5.10 Å². The highest BCUT2D eigenvalue weighted by Crippen LogP contribution is 2.30. The summed E-state index contributed by atoms with van der Waals surface area (Å²) >= 11 is 0. The Morgan fingerprint density at radius 3 is 2.78 bits per heavy atom. The quantitative estimate of drug-likeness (QED) is 0.717. The molecule has 0 aliphatic carbocycles. The van der Waals surface area contributed by atoms with Gasteiger partial charge in [0, 0.05) is 25.0 Å². The molecule has 0 aromatic carbocycles. The van der Waals surface area contributed by atoms with E-state index in [4.69, 9.17) is 4.42 Å². The highest BCUT2D eigenvalue weighted by molar-refractivity contribution is 7.91. The lowest BCUT2D eigenvalue weighted by atomic mass is 10.2. The van der Waals surface area contributed by atoms with Crippen molar-refractivity contribution in [2.24, 2.45) is 0 Å². The van der Waals surface area contributed by atoms with E-state index in [1.807, 2.05) is 12.1 Å². The zero-order valence-electron chi connectivity index (χ0n) is 14.4. The smallest absolute Gasteiger partial charge is 0.272 e. The topological polar surface area (TPSA) is 107 Å². The molecule has 4 heterocycles. The van der Waals surface area contributed by atoms with E-state index >= 15 is 0 Å². The van der Waals surface area contributed by atoms with Crippen molar-refractivity contribution in [2.45, 2.75) is 19.0 Å². The van der Waals surface area contributed by atoms with E-state index in [0.29, 0.717) is 24.4 Å². The van der Waals surface area contributed by atoms with E-state index in [9.17, 15) is 13.2 Å². The van der Waals surface area contributed by atoms with E-state index in [2.05, 4.69) is 15.4 Å². The second-order valence-electron chi connectivity index (χ2n) is 6.43. The van der Waals surface area contributed by atoms with Crippen LogP contribution in [0.2, 0.25) is 0 Å². The van der Waals surface area contributed by atoms with Gasteiger partial charge in [0.1, 0.15) is 5.69 Å². The Labute approximate surface area is 156 Å². The molecule has 1 N–H and O–H groups in total. The van der Waals surface area contributed by atoms with Crippen LogP contribution in [-0.4, -0.2) is 40.6 Å². The third kappa shape index (κ3) is 3.77. The van der Waals surface area contributed by atoms with E-state index in [1.165, 1.54) is 6.26 Å². The molecule has 4 rings (SSSR count). The predicted molar refractivity (Wildman–Crippen MR) is 97.6 cm³/mol. The van der Waals surface area contributed by atoms with Crippen molar-refractivity contribution < 1.29 is 17.6 Å². The van der Waals surface area contributed by atoms with Crippen LogP contribution in [0.4, 0.5) is 0 Å². The largest absolute Gasteiger partial charge is 0.463 e. The van der Waals surface area contributed by atoms with Gasteiger partial charge in [-0.15, -0.1) is 0 Å². The van der Waals surface area contributed by atoms with Crippen molar-refractivity contribution in [1.29, 1.82) is 0 Å². The average Bonchev–Trinajstić information content (AvgIpc) is 3.39. The molecule has 1 aliphatic rings. The molecule has 1 saturated heterocycles. The van der Waals surface area contributed by atoms with Gasteiger partial charge in [0.15, 0.2) is 21.3 Å². The number of carbonyl (C=O) groups is 1. The normalized spacial score (nSPS) is 18.4. The van der Waals surface area contributed by atoms with Crippen molar-refractivity contribution in [3.63, 3.8) is 0 Å². The Hall–Kier alpha value is -2.94. The van der Waals surface area contributed by atoms with Crippen molar-refractivity contribution in [2.75, 3.05) is 11.5 Å². The lowest BCUT2D eigenvalue weighted by molar-refractivity contribution is 0.0945. The molecule has 0 bridgehead atoms. The maximum Gasteiger partial charge on any atom is 0.272 e. The lowest BCUT2D eigenvalue weighted by Gasteiger charge is -2.11. The minimum absolute atomic E-state index is 0.0143. The van der Waals surface area contributed by atoms with Crippen molar-refractivity contribution in [1.82, 2.24) is 20.1 Å². The monoisotopic (exact) mass is 386 g/mol. The van der Waals surface area contributed by atoms with Crippen molar-refractivity contribution >= 4 is 15.7 Å². The zero-order valence-corrected chi connectivity index (χ0v) is 15.2. The van der Waals surface area contributed by atoms with Gasteiger partial charge >= 0.3 is 0 Å². The third-order valence-corrected chi connectivity index (χ3v) is 6.25. The Balaban J connectivity index is 1.60. The molecule has 1 atom stereocenters. The van der Waals surface area contributed by atoms with Gasteiger partial charge < -0.3 is 9.73 Å². The summed E-state index contributed by atoms with van der Waals surface area (Å²) in [6.07, 6.45) is 5.31. The molecule has 1 unspecified atom stereocenters. The number of rotatable bonds is 5. The number of aromatic nitrogens is 3. The molecule has 8 nitrogen and oxygen atoms in total. The molecule has 1 fully saturated rings. The Morgan fingerprint density at radius 2 is 2.11 bits per heavy atom. The summed E-state index contributed by atoms with van der Waals surface area (Å²) in [5, 5.41) is 7.21. The van der Waals surface area contributed by atoms with Gasteiger partial charge in [-0.05, 0) is 36.2 Å². The molecular formula is C18H18N4O4S. The standard InChI is InChI=1S/C18H18N4O4S/c23-18(20-11-13-3-6-19-7-4-13)15-10-16(17-2-1-8-26-17)22(21-15)14-5-9-27(24,25)12-14/h1-4,6-8,10,14H,5,9,11-12H2,(H,20,23). The lowest BCUT2D eigenvalue weighted by Crippen LogP contribution is -2.24. The Kier molecular flexibility index (Phi) is 4.53. The molecule has 3 aromatic heterocycles. The molecule has 140 valence electrons. The van der Waals surface area contributed by atoms with E-state index in [0.717, 1.165) is 5.56 Å². The summed E-state index contributed by atoms with van der Waals surface area (Å²) in [4.78, 5) is 16.5. The zero-order chi connectivity index (χ0) is 18.9. The van der Waals surface area contributed by atoms with Crippen LogP contribution >= 0.6 is 0 Å². The fourth-order valence-electron chi connectivity index (χ4n) is 3.13. The number of pyridine rings is 1. The van der Waals surface area contributed by atoms with Gasteiger partial charge in [-0.25, -0.2) is 8.42 Å². The summed E-state index contributed by atoms with van der Waals surface area (Å²) in [5.74, 6) is 0.346. The molecular weight excluding hydrogens is 368 g/mol. The number of sulfone groups is 1. The van der Waals surface area contributed by atoms with Gasteiger partial charge in [0.25, 0.3) is 5.91 Å². The van der Waals surface area contributed by atoms with Gasteiger partial charge in [-0.3, -0.25) is 14.5 Å². The summed E-state index contributed by atoms with van der Waals surface area (Å²) in [6.45, 7) is 0.349. The Bertz CT molecular complexity index is 1040. The number of hydrogen-bond donors (Lipinski definition) is 1. The van der Waals surface area contributed by atoms with E-state index in [-0.39, 0.29) is 29.1 Å². The van der Waals surface area contributed by atoms with Crippen LogP contribution in [-0.2, 0) is 16.4 Å². The first-order chi connectivity index (χ1) is 13.0. The Morgan fingerprint density at radius 1 is 1.30 bits per heavy atom. The summed E-state index contributed by atoms with van der Waals surface area (Å²) in [7, 11) is -3.08. The fraction of sp³-hybridized carbons (Fsp3) is 0.278. The molecule has 0 radical (unpaired) electrons. The summed E-state index contributed by atoms with van der Waals surface area (Å²) in [6, 6.07) is 8.45. The number of amides is 1. The number of furan rings is 1. The molecule has 1 amide bonds. The summed E-state index contributed by atoms with van der Waals surface area (Å²) < 4.78 is 30.8. The van der Waals surface area contributed by atoms with Crippen LogP contribution < -0.4 is 5.32 Å². The molecule has 0 spiro atoms. The second-order valence-corrected chi connectivity index (χ2v) is 8.66. The molecule has 1 aliphatic heterocycles. The van der Waals surface area contributed by atoms with Crippen molar-refractivity contribution in [3.05, 3.63) is 60.2 Å². The third-order valence-electron chi connectivity index (χ3n) is 4.50. The maximum atomic E-state index is 12.5. The van der Waals surface area contributed by atoms with Crippen LogP contribution in [0.15, 0.2) is 53.4 Å².